The van der Waals surface area contributed by atoms with Gasteiger partial charge in [-0.1, -0.05) is 12.6 Å². The van der Waals surface area contributed by atoms with Crippen LogP contribution in [-0.2, 0) is 0 Å². The Balaban J connectivity index is 2.19. The van der Waals surface area contributed by atoms with Crippen LogP contribution in [0.4, 0.5) is 4.39 Å². The lowest BCUT2D eigenvalue weighted by Crippen LogP contribution is -2.28. The summed E-state index contributed by atoms with van der Waals surface area (Å²) in [5.74, 6) is 0.379. The molecule has 2 rings (SSSR count). The van der Waals surface area contributed by atoms with Crippen LogP contribution in [0.25, 0.3) is 5.57 Å². The quantitative estimate of drug-likeness (QED) is 0.805. The second-order valence-corrected chi connectivity index (χ2v) is 4.51. The van der Waals surface area contributed by atoms with Crippen LogP contribution in [0.3, 0.4) is 0 Å². The molecule has 16 heavy (non-hydrogen) atoms. The van der Waals surface area contributed by atoms with Gasteiger partial charge in [-0.15, -0.1) is 0 Å². The third-order valence-electron chi connectivity index (χ3n) is 3.37. The van der Waals surface area contributed by atoms with E-state index in [0.29, 0.717) is 5.92 Å². The Morgan fingerprint density at radius 3 is 2.69 bits per heavy atom. The van der Waals surface area contributed by atoms with E-state index >= 15 is 0 Å². The highest BCUT2D eigenvalue weighted by Crippen LogP contribution is 2.30. The van der Waals surface area contributed by atoms with Crippen LogP contribution >= 0.6 is 0 Å². The van der Waals surface area contributed by atoms with E-state index in [0.717, 1.165) is 37.1 Å². The predicted molar refractivity (Wildman–Crippen MR) is 65.8 cm³/mol. The van der Waals surface area contributed by atoms with Crippen molar-refractivity contribution in [1.29, 1.82) is 0 Å². The second kappa shape index (κ2) is 4.79. The molecule has 0 radical (unpaired) electrons. The molecule has 1 aromatic carbocycles. The molecule has 0 aromatic heterocycles. The highest BCUT2D eigenvalue weighted by molar-refractivity contribution is 5.68. The van der Waals surface area contributed by atoms with Crippen LogP contribution in [-0.4, -0.2) is 13.1 Å². The number of allylic oxidation sites excluding steroid dienone is 1. The lowest BCUT2D eigenvalue weighted by Gasteiger charge is -2.25. The van der Waals surface area contributed by atoms with Crippen molar-refractivity contribution in [3.63, 3.8) is 0 Å². The third kappa shape index (κ3) is 2.33. The second-order valence-electron chi connectivity index (χ2n) is 4.51. The van der Waals surface area contributed by atoms with Crippen molar-refractivity contribution in [3.05, 3.63) is 41.7 Å². The molecule has 1 fully saturated rings. The van der Waals surface area contributed by atoms with Crippen molar-refractivity contribution < 1.29 is 4.39 Å². The van der Waals surface area contributed by atoms with Crippen molar-refractivity contribution in [2.45, 2.75) is 19.8 Å². The van der Waals surface area contributed by atoms with E-state index in [2.05, 4.69) is 11.9 Å². The van der Waals surface area contributed by atoms with E-state index < -0.39 is 0 Å². The zero-order valence-electron chi connectivity index (χ0n) is 9.72. The number of piperidine rings is 1. The summed E-state index contributed by atoms with van der Waals surface area (Å²) in [6.45, 7) is 8.26. The highest BCUT2D eigenvalue weighted by atomic mass is 19.1. The van der Waals surface area contributed by atoms with Gasteiger partial charge in [-0.25, -0.2) is 4.39 Å². The van der Waals surface area contributed by atoms with Gasteiger partial charge in [-0.3, -0.25) is 0 Å². The Kier molecular flexibility index (Phi) is 3.39. The molecule has 0 aliphatic carbocycles. The van der Waals surface area contributed by atoms with Crippen LogP contribution in [0.5, 0.6) is 0 Å². The Morgan fingerprint density at radius 2 is 2.06 bits per heavy atom. The Bertz CT molecular complexity index is 392. The lowest BCUT2D eigenvalue weighted by atomic mass is 9.85. The van der Waals surface area contributed by atoms with Crippen LogP contribution in [0, 0.1) is 18.7 Å². The van der Waals surface area contributed by atoms with Crippen molar-refractivity contribution in [1.82, 2.24) is 5.32 Å². The maximum Gasteiger partial charge on any atom is 0.123 e. The maximum atomic E-state index is 13.0. The van der Waals surface area contributed by atoms with Crippen molar-refractivity contribution in [3.8, 4) is 0 Å². The molecule has 0 saturated carbocycles. The summed E-state index contributed by atoms with van der Waals surface area (Å²) in [7, 11) is 0. The standard InChI is InChI=1S/C14H18FN/c1-10-9-13(15)3-4-14(10)11(2)12-5-7-16-8-6-12/h3-4,9,12,16H,2,5-8H2,1H3. The minimum Gasteiger partial charge on any atom is -0.317 e. The highest BCUT2D eigenvalue weighted by Gasteiger charge is 2.18. The summed E-state index contributed by atoms with van der Waals surface area (Å²) in [5, 5.41) is 3.34. The third-order valence-corrected chi connectivity index (χ3v) is 3.37. The molecule has 86 valence electrons. The van der Waals surface area contributed by atoms with Gasteiger partial charge >= 0.3 is 0 Å². The van der Waals surface area contributed by atoms with E-state index in [1.807, 2.05) is 13.0 Å². The summed E-state index contributed by atoms with van der Waals surface area (Å²) >= 11 is 0. The first-order valence-electron chi connectivity index (χ1n) is 5.84. The van der Waals surface area contributed by atoms with E-state index in [-0.39, 0.29) is 5.82 Å². The summed E-state index contributed by atoms with van der Waals surface area (Å²) in [5.41, 5.74) is 3.27. The first-order chi connectivity index (χ1) is 7.68. The molecule has 1 aliphatic heterocycles. The Morgan fingerprint density at radius 1 is 1.38 bits per heavy atom. The summed E-state index contributed by atoms with van der Waals surface area (Å²) in [4.78, 5) is 0. The smallest absolute Gasteiger partial charge is 0.123 e. The average molecular weight is 219 g/mol. The minimum atomic E-state index is -0.167. The minimum absolute atomic E-state index is 0.167. The molecular formula is C14H18FN. The predicted octanol–water partition coefficient (Wildman–Crippen LogP) is 3.15. The fourth-order valence-electron chi connectivity index (χ4n) is 2.38. The summed E-state index contributed by atoms with van der Waals surface area (Å²) in [6, 6.07) is 4.96. The van der Waals surface area contributed by atoms with Gasteiger partial charge in [0.2, 0.25) is 0 Å². The first kappa shape index (κ1) is 11.3. The molecule has 0 amide bonds. The lowest BCUT2D eigenvalue weighted by molar-refractivity contribution is 0.447. The average Bonchev–Trinajstić information content (AvgIpc) is 2.29. The molecule has 1 aliphatic rings. The van der Waals surface area contributed by atoms with Crippen LogP contribution in [0.1, 0.15) is 24.0 Å². The monoisotopic (exact) mass is 219 g/mol. The van der Waals surface area contributed by atoms with Crippen LogP contribution < -0.4 is 5.32 Å². The van der Waals surface area contributed by atoms with Crippen molar-refractivity contribution >= 4 is 5.57 Å². The molecule has 0 atom stereocenters. The van der Waals surface area contributed by atoms with Gasteiger partial charge in [0, 0.05) is 0 Å². The van der Waals surface area contributed by atoms with Gasteiger partial charge in [0.05, 0.1) is 0 Å². The molecule has 0 bridgehead atoms. The number of halogens is 1. The zero-order chi connectivity index (χ0) is 11.5. The number of rotatable bonds is 2. The van der Waals surface area contributed by atoms with Gasteiger partial charge in [0.1, 0.15) is 5.82 Å². The molecule has 2 heteroatoms. The first-order valence-corrected chi connectivity index (χ1v) is 5.84. The topological polar surface area (TPSA) is 12.0 Å². The Hall–Kier alpha value is -1.15. The normalized spacial score (nSPS) is 17.4. The summed E-state index contributed by atoms with van der Waals surface area (Å²) < 4.78 is 13.0. The SMILES string of the molecule is C=C(c1ccc(F)cc1C)C1CCNCC1. The van der Waals surface area contributed by atoms with Gasteiger partial charge in [-0.05, 0) is 67.6 Å². The van der Waals surface area contributed by atoms with Crippen LogP contribution in [0.15, 0.2) is 24.8 Å². The van der Waals surface area contributed by atoms with Gasteiger partial charge < -0.3 is 5.32 Å². The van der Waals surface area contributed by atoms with Gasteiger partial charge in [-0.2, -0.15) is 0 Å². The molecule has 1 aromatic rings. The number of benzene rings is 1. The maximum absolute atomic E-state index is 13.0. The number of nitrogens with one attached hydrogen (secondary N) is 1. The van der Waals surface area contributed by atoms with E-state index in [1.54, 1.807) is 6.07 Å². The largest absolute Gasteiger partial charge is 0.317 e. The molecular weight excluding hydrogens is 201 g/mol. The zero-order valence-corrected chi connectivity index (χ0v) is 9.72. The number of aryl methyl sites for hydroxylation is 1. The molecule has 0 unspecified atom stereocenters. The van der Waals surface area contributed by atoms with Crippen molar-refractivity contribution in [2.75, 3.05) is 13.1 Å². The van der Waals surface area contributed by atoms with Crippen LogP contribution in [0.2, 0.25) is 0 Å². The summed E-state index contributed by atoms with van der Waals surface area (Å²) in [6.07, 6.45) is 2.27. The fraction of sp³-hybridized carbons (Fsp3) is 0.429. The van der Waals surface area contributed by atoms with Gasteiger partial charge in [0.15, 0.2) is 0 Å². The van der Waals surface area contributed by atoms with E-state index in [9.17, 15) is 4.39 Å². The van der Waals surface area contributed by atoms with E-state index in [1.165, 1.54) is 11.6 Å². The van der Waals surface area contributed by atoms with E-state index in [4.69, 9.17) is 0 Å². The molecule has 1 N–H and O–H groups in total. The van der Waals surface area contributed by atoms with Gasteiger partial charge in [0.25, 0.3) is 0 Å². The Labute approximate surface area is 96.4 Å². The molecule has 1 nitrogen and oxygen atoms in total. The number of hydrogen-bond acceptors (Lipinski definition) is 1. The molecule has 1 heterocycles. The number of hydrogen-bond donors (Lipinski definition) is 1. The fourth-order valence-corrected chi connectivity index (χ4v) is 2.38. The van der Waals surface area contributed by atoms with Crippen molar-refractivity contribution in [2.24, 2.45) is 5.92 Å². The molecule has 0 spiro atoms. The molecule has 1 saturated heterocycles.